The Kier molecular flexibility index (Phi) is 4.79. The number of nitrogens with zero attached hydrogens (tertiary/aromatic N) is 1. The van der Waals surface area contributed by atoms with Gasteiger partial charge in [0.25, 0.3) is 0 Å². The average molecular weight is 348 g/mol. The molecule has 1 N–H and O–H groups in total. The molecule has 1 aliphatic rings. The summed E-state index contributed by atoms with van der Waals surface area (Å²) >= 11 is 6.93. The number of rotatable bonds is 4. The summed E-state index contributed by atoms with van der Waals surface area (Å²) in [7, 11) is 0. The van der Waals surface area contributed by atoms with Crippen LogP contribution in [0.15, 0.2) is 21.2 Å². The van der Waals surface area contributed by atoms with Gasteiger partial charge in [0, 0.05) is 21.7 Å². The monoisotopic (exact) mass is 346 g/mol. The van der Waals surface area contributed by atoms with E-state index in [-0.39, 0.29) is 0 Å². The molecule has 88 valence electrons. The van der Waals surface area contributed by atoms with Gasteiger partial charge in [0.05, 0.1) is 5.69 Å². The van der Waals surface area contributed by atoms with Gasteiger partial charge in [0.1, 0.15) is 0 Å². The third-order valence-electron chi connectivity index (χ3n) is 3.08. The van der Waals surface area contributed by atoms with Crippen LogP contribution in [0.3, 0.4) is 0 Å². The van der Waals surface area contributed by atoms with Gasteiger partial charge in [0.2, 0.25) is 0 Å². The molecule has 1 fully saturated rings. The highest BCUT2D eigenvalue weighted by molar-refractivity contribution is 9.11. The van der Waals surface area contributed by atoms with Crippen molar-refractivity contribution in [2.75, 3.05) is 6.54 Å². The van der Waals surface area contributed by atoms with Gasteiger partial charge >= 0.3 is 0 Å². The molecule has 0 unspecified atom stereocenters. The van der Waals surface area contributed by atoms with Crippen molar-refractivity contribution < 1.29 is 0 Å². The summed E-state index contributed by atoms with van der Waals surface area (Å²) in [6.07, 6.45) is 7.44. The zero-order valence-corrected chi connectivity index (χ0v) is 12.3. The van der Waals surface area contributed by atoms with Gasteiger partial charge in [-0.15, -0.1) is 0 Å². The lowest BCUT2D eigenvalue weighted by Gasteiger charge is -2.10. The Balaban J connectivity index is 1.80. The Morgan fingerprint density at radius 1 is 1.31 bits per heavy atom. The Bertz CT molecular complexity index is 349. The van der Waals surface area contributed by atoms with Crippen molar-refractivity contribution in [3.05, 3.63) is 26.9 Å². The zero-order chi connectivity index (χ0) is 11.4. The second-order valence-electron chi connectivity index (χ2n) is 4.36. The van der Waals surface area contributed by atoms with E-state index in [0.29, 0.717) is 0 Å². The summed E-state index contributed by atoms with van der Waals surface area (Å²) in [5.41, 5.74) is 1.08. The summed E-state index contributed by atoms with van der Waals surface area (Å²) < 4.78 is 2.08. The van der Waals surface area contributed by atoms with E-state index in [2.05, 4.69) is 42.2 Å². The van der Waals surface area contributed by atoms with Crippen molar-refractivity contribution >= 4 is 31.9 Å². The van der Waals surface area contributed by atoms with E-state index < -0.39 is 0 Å². The fourth-order valence-electron chi connectivity index (χ4n) is 2.18. The Morgan fingerprint density at radius 3 is 2.75 bits per heavy atom. The molecule has 1 aromatic heterocycles. The molecule has 4 heteroatoms. The van der Waals surface area contributed by atoms with E-state index >= 15 is 0 Å². The van der Waals surface area contributed by atoms with Crippen molar-refractivity contribution in [3.63, 3.8) is 0 Å². The summed E-state index contributed by atoms with van der Waals surface area (Å²) in [6.45, 7) is 1.98. The number of nitrogens with one attached hydrogen (secondary N) is 1. The first-order valence-corrected chi connectivity index (χ1v) is 7.35. The highest BCUT2D eigenvalue weighted by Crippen LogP contribution is 2.24. The maximum atomic E-state index is 4.39. The van der Waals surface area contributed by atoms with E-state index in [1.807, 2.05) is 12.3 Å². The van der Waals surface area contributed by atoms with Gasteiger partial charge in [-0.1, -0.05) is 12.8 Å². The van der Waals surface area contributed by atoms with Gasteiger partial charge in [-0.05, 0) is 63.2 Å². The van der Waals surface area contributed by atoms with E-state index in [0.717, 1.165) is 33.6 Å². The normalized spacial score (nSPS) is 16.9. The molecule has 0 atom stereocenters. The van der Waals surface area contributed by atoms with Crippen LogP contribution in [0.5, 0.6) is 0 Å². The Hall–Kier alpha value is 0.0700. The van der Waals surface area contributed by atoms with Gasteiger partial charge in [0.15, 0.2) is 0 Å². The highest BCUT2D eigenvalue weighted by Gasteiger charge is 2.14. The van der Waals surface area contributed by atoms with E-state index in [1.54, 1.807) is 0 Å². The van der Waals surface area contributed by atoms with E-state index in [9.17, 15) is 0 Å². The molecule has 0 aliphatic heterocycles. The number of hydrogen-bond donors (Lipinski definition) is 1. The van der Waals surface area contributed by atoms with Gasteiger partial charge in [-0.2, -0.15) is 0 Å². The molecular formula is C12H16Br2N2. The fourth-order valence-corrected chi connectivity index (χ4v) is 3.31. The lowest BCUT2D eigenvalue weighted by molar-refractivity contribution is 0.486. The maximum absolute atomic E-state index is 4.39. The smallest absolute Gasteiger partial charge is 0.0684 e. The number of halogens is 2. The molecular weight excluding hydrogens is 332 g/mol. The number of hydrogen-bond acceptors (Lipinski definition) is 2. The van der Waals surface area contributed by atoms with Crippen LogP contribution in [-0.2, 0) is 6.54 Å². The molecule has 1 heterocycles. The van der Waals surface area contributed by atoms with Crippen LogP contribution in [0, 0.1) is 5.92 Å². The van der Waals surface area contributed by atoms with Crippen LogP contribution in [0.2, 0.25) is 0 Å². The molecule has 2 nitrogen and oxygen atoms in total. The predicted molar refractivity (Wildman–Crippen MR) is 73.3 cm³/mol. The second-order valence-corrected chi connectivity index (χ2v) is 6.13. The first-order chi connectivity index (χ1) is 7.75. The third kappa shape index (κ3) is 3.54. The minimum Gasteiger partial charge on any atom is -0.311 e. The van der Waals surface area contributed by atoms with E-state index in [4.69, 9.17) is 0 Å². The average Bonchev–Trinajstić information content (AvgIpc) is 2.74. The van der Waals surface area contributed by atoms with Crippen molar-refractivity contribution in [2.24, 2.45) is 5.92 Å². The first-order valence-electron chi connectivity index (χ1n) is 5.76. The molecule has 0 aromatic carbocycles. The first kappa shape index (κ1) is 12.5. The molecule has 1 saturated carbocycles. The van der Waals surface area contributed by atoms with Gasteiger partial charge in [-0.3, -0.25) is 4.98 Å². The lowest BCUT2D eigenvalue weighted by Crippen LogP contribution is -2.21. The minimum atomic E-state index is 0.852. The highest BCUT2D eigenvalue weighted by atomic mass is 79.9. The summed E-state index contributed by atoms with van der Waals surface area (Å²) in [6, 6.07) is 2.04. The zero-order valence-electron chi connectivity index (χ0n) is 9.18. The van der Waals surface area contributed by atoms with Crippen molar-refractivity contribution in [3.8, 4) is 0 Å². The topological polar surface area (TPSA) is 24.9 Å². The second kappa shape index (κ2) is 6.12. The van der Waals surface area contributed by atoms with Crippen molar-refractivity contribution in [1.29, 1.82) is 0 Å². The molecule has 0 bridgehead atoms. The van der Waals surface area contributed by atoms with Crippen LogP contribution in [0.1, 0.15) is 31.4 Å². The van der Waals surface area contributed by atoms with E-state index in [1.165, 1.54) is 25.7 Å². The Labute approximate surface area is 113 Å². The van der Waals surface area contributed by atoms with Crippen molar-refractivity contribution in [2.45, 2.75) is 32.2 Å². The van der Waals surface area contributed by atoms with Gasteiger partial charge < -0.3 is 5.32 Å². The summed E-state index contributed by atoms with van der Waals surface area (Å²) in [5.74, 6) is 0.884. The van der Waals surface area contributed by atoms with Crippen LogP contribution in [0.25, 0.3) is 0 Å². The Morgan fingerprint density at radius 2 is 2.06 bits per heavy atom. The van der Waals surface area contributed by atoms with Crippen LogP contribution in [-0.4, -0.2) is 11.5 Å². The van der Waals surface area contributed by atoms with Crippen LogP contribution >= 0.6 is 31.9 Å². The predicted octanol–water partition coefficient (Wildman–Crippen LogP) is 3.89. The number of pyridine rings is 1. The molecule has 2 rings (SSSR count). The van der Waals surface area contributed by atoms with Gasteiger partial charge in [-0.25, -0.2) is 0 Å². The minimum absolute atomic E-state index is 0.852. The summed E-state index contributed by atoms with van der Waals surface area (Å²) in [4.78, 5) is 4.39. The third-order valence-corrected chi connectivity index (χ3v) is 4.20. The van der Waals surface area contributed by atoms with Crippen molar-refractivity contribution in [1.82, 2.24) is 10.3 Å². The molecule has 0 spiro atoms. The quantitative estimate of drug-likeness (QED) is 0.893. The molecule has 16 heavy (non-hydrogen) atoms. The molecule has 0 radical (unpaired) electrons. The standard InChI is InChI=1S/C12H16Br2N2/c13-10-5-11(14)12(16-7-10)8-15-6-9-3-1-2-4-9/h5,7,9,15H,1-4,6,8H2. The maximum Gasteiger partial charge on any atom is 0.0684 e. The lowest BCUT2D eigenvalue weighted by atomic mass is 10.1. The molecule has 1 aliphatic carbocycles. The summed E-state index contributed by atoms with van der Waals surface area (Å²) in [5, 5.41) is 3.50. The molecule has 1 aromatic rings. The molecule has 0 amide bonds. The van der Waals surface area contributed by atoms with Crippen LogP contribution in [0.4, 0.5) is 0 Å². The number of aromatic nitrogens is 1. The van der Waals surface area contributed by atoms with Crippen LogP contribution < -0.4 is 5.32 Å². The fraction of sp³-hybridized carbons (Fsp3) is 0.583. The SMILES string of the molecule is Brc1cnc(CNCC2CCCC2)c(Br)c1. The molecule has 0 saturated heterocycles. The largest absolute Gasteiger partial charge is 0.311 e.